The normalized spacial score (nSPS) is 11.4. The van der Waals surface area contributed by atoms with Crippen molar-refractivity contribution >= 4 is 34.6 Å². The minimum atomic E-state index is -4.52. The second-order valence-electron chi connectivity index (χ2n) is 4.08. The fourth-order valence-corrected chi connectivity index (χ4v) is 2.73. The van der Waals surface area contributed by atoms with Gasteiger partial charge in [0.15, 0.2) is 0 Å². The largest absolute Gasteiger partial charge is 0.477 e. The minimum absolute atomic E-state index is 0.0418. The number of benzene rings is 1. The van der Waals surface area contributed by atoms with Gasteiger partial charge in [-0.15, -0.1) is 11.3 Å². The highest BCUT2D eigenvalue weighted by Crippen LogP contribution is 2.38. The summed E-state index contributed by atoms with van der Waals surface area (Å²) in [6.45, 7) is 0.0603. The molecule has 8 heteroatoms. The number of aromatic carboxylic acids is 1. The number of para-hydroxylation sites is 1. The number of hydrogen-bond donors (Lipinski definition) is 2. The molecular formula is C13H9ClF3NO2S. The first-order chi connectivity index (χ1) is 9.79. The molecule has 1 aromatic carbocycles. The molecule has 0 aliphatic carbocycles. The smallest absolute Gasteiger partial charge is 0.418 e. The maximum absolute atomic E-state index is 12.9. The highest BCUT2D eigenvalue weighted by molar-refractivity contribution is 7.13. The van der Waals surface area contributed by atoms with Gasteiger partial charge in [0.2, 0.25) is 0 Å². The Morgan fingerprint density at radius 3 is 2.57 bits per heavy atom. The van der Waals surface area contributed by atoms with Crippen molar-refractivity contribution in [3.8, 4) is 0 Å². The van der Waals surface area contributed by atoms with Crippen LogP contribution in [0.15, 0.2) is 30.3 Å². The number of thiophene rings is 1. The Balaban J connectivity index is 2.21. The van der Waals surface area contributed by atoms with Crippen molar-refractivity contribution in [1.82, 2.24) is 0 Å². The quantitative estimate of drug-likeness (QED) is 0.849. The lowest BCUT2D eigenvalue weighted by molar-refractivity contribution is -0.137. The lowest BCUT2D eigenvalue weighted by Gasteiger charge is -2.15. The number of hydrogen-bond acceptors (Lipinski definition) is 3. The molecule has 0 radical (unpaired) electrons. The van der Waals surface area contributed by atoms with E-state index in [9.17, 15) is 18.0 Å². The summed E-state index contributed by atoms with van der Waals surface area (Å²) in [5.41, 5.74) is -1.07. The number of carbonyl (C=O) groups is 1. The summed E-state index contributed by atoms with van der Waals surface area (Å²) in [6, 6.07) is 6.47. The molecule has 3 nitrogen and oxygen atoms in total. The van der Waals surface area contributed by atoms with Crippen molar-refractivity contribution < 1.29 is 23.1 Å². The van der Waals surface area contributed by atoms with E-state index in [4.69, 9.17) is 16.7 Å². The average Bonchev–Trinajstić information content (AvgIpc) is 2.85. The van der Waals surface area contributed by atoms with Crippen LogP contribution in [0.25, 0.3) is 0 Å². The third-order valence-corrected chi connectivity index (χ3v) is 4.02. The highest BCUT2D eigenvalue weighted by Gasteiger charge is 2.34. The predicted octanol–water partition coefficient (Wildman–Crippen LogP) is 4.73. The van der Waals surface area contributed by atoms with E-state index >= 15 is 0 Å². The standard InChI is InChI=1S/C13H9ClF3NO2S/c14-9-3-1-2-8(13(15,16)17)11(9)18-6-7-4-5-10(21-7)12(19)20/h1-5,18H,6H2,(H,19,20). The third kappa shape index (κ3) is 3.68. The van der Waals surface area contributed by atoms with E-state index in [-0.39, 0.29) is 22.1 Å². The molecule has 0 saturated heterocycles. The van der Waals surface area contributed by atoms with Crippen LogP contribution in [0, 0.1) is 0 Å². The Morgan fingerprint density at radius 1 is 1.29 bits per heavy atom. The summed E-state index contributed by atoms with van der Waals surface area (Å²) < 4.78 is 38.7. The van der Waals surface area contributed by atoms with E-state index in [0.717, 1.165) is 17.4 Å². The van der Waals surface area contributed by atoms with Crippen LogP contribution in [-0.2, 0) is 12.7 Å². The molecule has 2 rings (SSSR count). The second kappa shape index (κ2) is 5.95. The maximum atomic E-state index is 12.9. The summed E-state index contributed by atoms with van der Waals surface area (Å²) in [5.74, 6) is -1.07. The van der Waals surface area contributed by atoms with Gasteiger partial charge in [0.05, 0.1) is 16.3 Å². The Hall–Kier alpha value is -1.73. The van der Waals surface area contributed by atoms with Gasteiger partial charge in [-0.25, -0.2) is 4.79 Å². The van der Waals surface area contributed by atoms with Gasteiger partial charge in [-0.3, -0.25) is 0 Å². The Morgan fingerprint density at radius 2 is 2.00 bits per heavy atom. The van der Waals surface area contributed by atoms with E-state index in [1.165, 1.54) is 18.2 Å². The summed E-state index contributed by atoms with van der Waals surface area (Å²) in [5, 5.41) is 11.4. The van der Waals surface area contributed by atoms with Crippen LogP contribution >= 0.6 is 22.9 Å². The lowest BCUT2D eigenvalue weighted by Crippen LogP contribution is -2.10. The van der Waals surface area contributed by atoms with Gasteiger partial charge in [-0.05, 0) is 24.3 Å². The van der Waals surface area contributed by atoms with Crippen LogP contribution < -0.4 is 5.32 Å². The zero-order valence-corrected chi connectivity index (χ0v) is 11.9. The molecule has 21 heavy (non-hydrogen) atoms. The van der Waals surface area contributed by atoms with Crippen LogP contribution in [0.3, 0.4) is 0 Å². The molecule has 1 aromatic heterocycles. The fraction of sp³-hybridized carbons (Fsp3) is 0.154. The molecule has 0 spiro atoms. The summed E-state index contributed by atoms with van der Waals surface area (Å²) in [6.07, 6.45) is -4.52. The molecule has 0 aliphatic rings. The first-order valence-corrected chi connectivity index (χ1v) is 6.90. The van der Waals surface area contributed by atoms with Gasteiger partial charge >= 0.3 is 12.1 Å². The molecule has 0 bridgehead atoms. The van der Waals surface area contributed by atoms with Gasteiger partial charge in [-0.2, -0.15) is 13.2 Å². The monoisotopic (exact) mass is 335 g/mol. The first-order valence-electron chi connectivity index (χ1n) is 5.70. The summed E-state index contributed by atoms with van der Waals surface area (Å²) in [4.78, 5) is 11.5. The lowest BCUT2D eigenvalue weighted by atomic mass is 10.1. The highest BCUT2D eigenvalue weighted by atomic mass is 35.5. The molecule has 2 N–H and O–H groups in total. The van der Waals surface area contributed by atoms with Gasteiger partial charge in [0.1, 0.15) is 4.88 Å². The second-order valence-corrected chi connectivity index (χ2v) is 5.66. The Kier molecular flexibility index (Phi) is 4.43. The van der Waals surface area contributed by atoms with Crippen molar-refractivity contribution in [3.63, 3.8) is 0 Å². The molecule has 0 amide bonds. The minimum Gasteiger partial charge on any atom is -0.477 e. The number of carboxylic acid groups (broad SMARTS) is 1. The summed E-state index contributed by atoms with van der Waals surface area (Å²) >= 11 is 6.80. The molecule has 1 heterocycles. The molecule has 2 aromatic rings. The van der Waals surface area contributed by atoms with Crippen LogP contribution in [-0.4, -0.2) is 11.1 Å². The molecule has 0 fully saturated rings. The molecule has 0 aliphatic heterocycles. The molecule has 0 unspecified atom stereocenters. The number of rotatable bonds is 4. The first kappa shape index (κ1) is 15.7. The van der Waals surface area contributed by atoms with Crippen molar-refractivity contribution in [1.29, 1.82) is 0 Å². The Labute approximate surface area is 127 Å². The number of carboxylic acids is 1. The van der Waals surface area contributed by atoms with Gasteiger partial charge in [-0.1, -0.05) is 17.7 Å². The van der Waals surface area contributed by atoms with E-state index in [1.807, 2.05) is 0 Å². The van der Waals surface area contributed by atoms with E-state index in [1.54, 1.807) is 6.07 Å². The molecule has 0 saturated carbocycles. The van der Waals surface area contributed by atoms with Crippen molar-refractivity contribution in [2.24, 2.45) is 0 Å². The zero-order valence-electron chi connectivity index (χ0n) is 10.4. The van der Waals surface area contributed by atoms with E-state index in [2.05, 4.69) is 5.32 Å². The van der Waals surface area contributed by atoms with Crippen LogP contribution in [0.5, 0.6) is 0 Å². The van der Waals surface area contributed by atoms with Crippen LogP contribution in [0.1, 0.15) is 20.1 Å². The average molecular weight is 336 g/mol. The van der Waals surface area contributed by atoms with Crippen molar-refractivity contribution in [3.05, 3.63) is 50.7 Å². The SMILES string of the molecule is O=C(O)c1ccc(CNc2c(Cl)cccc2C(F)(F)F)s1. The van der Waals surface area contributed by atoms with Crippen molar-refractivity contribution in [2.45, 2.75) is 12.7 Å². The fourth-order valence-electron chi connectivity index (χ4n) is 1.70. The van der Waals surface area contributed by atoms with Crippen molar-refractivity contribution in [2.75, 3.05) is 5.32 Å². The molecule has 112 valence electrons. The van der Waals surface area contributed by atoms with Gasteiger partial charge in [0.25, 0.3) is 0 Å². The summed E-state index contributed by atoms with van der Waals surface area (Å²) in [7, 11) is 0. The zero-order chi connectivity index (χ0) is 15.6. The number of nitrogens with one attached hydrogen (secondary N) is 1. The topological polar surface area (TPSA) is 49.3 Å². The third-order valence-electron chi connectivity index (χ3n) is 2.63. The molecular weight excluding hydrogens is 327 g/mol. The Bertz CT molecular complexity index is 670. The number of alkyl halides is 3. The van der Waals surface area contributed by atoms with E-state index in [0.29, 0.717) is 4.88 Å². The molecule has 0 atom stereocenters. The predicted molar refractivity (Wildman–Crippen MR) is 75.1 cm³/mol. The van der Waals surface area contributed by atoms with Gasteiger partial charge in [0, 0.05) is 11.4 Å². The van der Waals surface area contributed by atoms with E-state index < -0.39 is 17.7 Å². The number of halogens is 4. The maximum Gasteiger partial charge on any atom is 0.418 e. The van der Waals surface area contributed by atoms with Crippen LogP contribution in [0.4, 0.5) is 18.9 Å². The van der Waals surface area contributed by atoms with Gasteiger partial charge < -0.3 is 10.4 Å². The van der Waals surface area contributed by atoms with Crippen LogP contribution in [0.2, 0.25) is 5.02 Å². The number of anilines is 1.